The quantitative estimate of drug-likeness (QED) is 0.675. The van der Waals surface area contributed by atoms with Gasteiger partial charge in [-0.3, -0.25) is 9.10 Å². The maximum atomic E-state index is 12.7. The Bertz CT molecular complexity index is 792. The van der Waals surface area contributed by atoms with Crippen molar-refractivity contribution in [3.05, 3.63) is 58.2 Å². The van der Waals surface area contributed by atoms with E-state index in [1.54, 1.807) is 49.4 Å². The lowest BCUT2D eigenvalue weighted by Crippen LogP contribution is -2.46. The molecule has 0 spiro atoms. The Kier molecular flexibility index (Phi) is 6.22. The van der Waals surface area contributed by atoms with Crippen LogP contribution in [-0.2, 0) is 14.8 Å². The van der Waals surface area contributed by atoms with Gasteiger partial charge in [0.2, 0.25) is 15.9 Å². The summed E-state index contributed by atoms with van der Waals surface area (Å²) in [5, 5.41) is 2.79. The van der Waals surface area contributed by atoms with Crippen molar-refractivity contribution in [3.8, 4) is 0 Å². The monoisotopic (exact) mass is 458 g/mol. The van der Waals surface area contributed by atoms with Crippen molar-refractivity contribution in [1.82, 2.24) is 0 Å². The predicted molar refractivity (Wildman–Crippen MR) is 106 cm³/mol. The molecule has 1 amide bonds. The molecule has 2 aromatic carbocycles. The minimum absolute atomic E-state index is 0.354. The molecular formula is C17H19IN2O3S. The second kappa shape index (κ2) is 7.98. The topological polar surface area (TPSA) is 66.5 Å². The SMILES string of the molecule is CC[C@@H](C(=O)Nc1ccc(I)cc1)N(c1ccccc1)S(C)(=O)=O. The average molecular weight is 458 g/mol. The van der Waals surface area contributed by atoms with Gasteiger partial charge in [-0.1, -0.05) is 25.1 Å². The molecule has 2 rings (SSSR count). The fraction of sp³-hybridized carbons (Fsp3) is 0.235. The molecule has 0 fully saturated rings. The van der Waals surface area contributed by atoms with Gasteiger partial charge in [0.15, 0.2) is 0 Å². The van der Waals surface area contributed by atoms with Crippen molar-refractivity contribution in [1.29, 1.82) is 0 Å². The van der Waals surface area contributed by atoms with E-state index >= 15 is 0 Å². The van der Waals surface area contributed by atoms with Gasteiger partial charge >= 0.3 is 0 Å². The minimum Gasteiger partial charge on any atom is -0.324 e. The zero-order valence-electron chi connectivity index (χ0n) is 13.4. The van der Waals surface area contributed by atoms with Gasteiger partial charge in [-0.15, -0.1) is 0 Å². The van der Waals surface area contributed by atoms with E-state index in [2.05, 4.69) is 27.9 Å². The van der Waals surface area contributed by atoms with E-state index in [0.717, 1.165) is 9.83 Å². The maximum Gasteiger partial charge on any atom is 0.248 e. The molecule has 0 heterocycles. The van der Waals surface area contributed by atoms with Crippen LogP contribution in [0, 0.1) is 3.57 Å². The van der Waals surface area contributed by atoms with Crippen molar-refractivity contribution >= 4 is 49.9 Å². The highest BCUT2D eigenvalue weighted by Gasteiger charge is 2.31. The molecule has 5 nitrogen and oxygen atoms in total. The third-order valence-corrected chi connectivity index (χ3v) is 5.35. The summed E-state index contributed by atoms with van der Waals surface area (Å²) in [4.78, 5) is 12.7. The van der Waals surface area contributed by atoms with Crippen molar-refractivity contribution in [2.24, 2.45) is 0 Å². The van der Waals surface area contributed by atoms with Crippen LogP contribution in [-0.4, -0.2) is 26.6 Å². The van der Waals surface area contributed by atoms with Gasteiger partial charge in [-0.05, 0) is 65.4 Å². The van der Waals surface area contributed by atoms with E-state index in [1.165, 1.54) is 4.31 Å². The summed E-state index contributed by atoms with van der Waals surface area (Å²) < 4.78 is 26.8. The van der Waals surface area contributed by atoms with Gasteiger partial charge in [-0.2, -0.15) is 0 Å². The number of halogens is 1. The molecule has 24 heavy (non-hydrogen) atoms. The second-order valence-corrected chi connectivity index (χ2v) is 8.42. The molecule has 0 aliphatic heterocycles. The van der Waals surface area contributed by atoms with Crippen LogP contribution >= 0.6 is 22.6 Å². The van der Waals surface area contributed by atoms with Crippen LogP contribution in [0.2, 0.25) is 0 Å². The summed E-state index contributed by atoms with van der Waals surface area (Å²) in [5.74, 6) is -0.354. The average Bonchev–Trinajstić information content (AvgIpc) is 2.54. The Balaban J connectivity index is 2.32. The van der Waals surface area contributed by atoms with Crippen LogP contribution in [0.3, 0.4) is 0 Å². The third kappa shape index (κ3) is 4.70. The van der Waals surface area contributed by atoms with Gasteiger partial charge in [-0.25, -0.2) is 8.42 Å². The second-order valence-electron chi connectivity index (χ2n) is 5.31. The van der Waals surface area contributed by atoms with Gasteiger partial charge in [0, 0.05) is 9.26 Å². The minimum atomic E-state index is -3.60. The van der Waals surface area contributed by atoms with Gasteiger partial charge < -0.3 is 5.32 Å². The first kappa shape index (κ1) is 18.7. The number of rotatable bonds is 6. The van der Waals surface area contributed by atoms with Gasteiger partial charge in [0.25, 0.3) is 0 Å². The fourth-order valence-electron chi connectivity index (χ4n) is 2.39. The van der Waals surface area contributed by atoms with E-state index in [0.29, 0.717) is 17.8 Å². The van der Waals surface area contributed by atoms with Crippen LogP contribution in [0.4, 0.5) is 11.4 Å². The number of nitrogens with zero attached hydrogens (tertiary/aromatic N) is 1. The van der Waals surface area contributed by atoms with Crippen molar-refractivity contribution in [3.63, 3.8) is 0 Å². The Morgan fingerprint density at radius 3 is 2.21 bits per heavy atom. The van der Waals surface area contributed by atoms with E-state index in [9.17, 15) is 13.2 Å². The molecule has 1 atom stereocenters. The van der Waals surface area contributed by atoms with Crippen molar-refractivity contribution in [2.75, 3.05) is 15.9 Å². The number of benzene rings is 2. The summed E-state index contributed by atoms with van der Waals surface area (Å²) in [6.07, 6.45) is 1.47. The normalized spacial score (nSPS) is 12.5. The molecule has 0 saturated heterocycles. The molecule has 7 heteroatoms. The summed E-state index contributed by atoms with van der Waals surface area (Å²) in [6, 6.07) is 15.2. The molecule has 0 unspecified atom stereocenters. The van der Waals surface area contributed by atoms with Crippen LogP contribution in [0.1, 0.15) is 13.3 Å². The molecule has 1 N–H and O–H groups in total. The van der Waals surface area contributed by atoms with Gasteiger partial charge in [0.1, 0.15) is 6.04 Å². The highest BCUT2D eigenvalue weighted by molar-refractivity contribution is 14.1. The highest BCUT2D eigenvalue weighted by atomic mass is 127. The molecule has 0 aromatic heterocycles. The van der Waals surface area contributed by atoms with E-state index < -0.39 is 16.1 Å². The Morgan fingerprint density at radius 2 is 1.71 bits per heavy atom. The first-order valence-corrected chi connectivity index (χ1v) is 10.4. The number of nitrogens with one attached hydrogen (secondary N) is 1. The summed E-state index contributed by atoms with van der Waals surface area (Å²) >= 11 is 2.18. The standard InChI is InChI=1S/C17H19IN2O3S/c1-3-16(17(21)19-14-11-9-13(18)10-12-14)20(24(2,22)23)15-7-5-4-6-8-15/h4-12,16H,3H2,1-2H3,(H,19,21)/t16-/m0/s1. The first-order chi connectivity index (χ1) is 11.3. The largest absolute Gasteiger partial charge is 0.324 e. The lowest BCUT2D eigenvalue weighted by molar-refractivity contribution is -0.117. The van der Waals surface area contributed by atoms with Gasteiger partial charge in [0.05, 0.1) is 11.9 Å². The van der Waals surface area contributed by atoms with Crippen molar-refractivity contribution in [2.45, 2.75) is 19.4 Å². The smallest absolute Gasteiger partial charge is 0.248 e. The zero-order chi connectivity index (χ0) is 17.7. The summed E-state index contributed by atoms with van der Waals surface area (Å²) in [7, 11) is -3.60. The number of para-hydroxylation sites is 1. The predicted octanol–water partition coefficient (Wildman–Crippen LogP) is 3.47. The van der Waals surface area contributed by atoms with E-state index in [-0.39, 0.29) is 5.91 Å². The van der Waals surface area contributed by atoms with Crippen LogP contribution in [0.15, 0.2) is 54.6 Å². The van der Waals surface area contributed by atoms with E-state index in [4.69, 9.17) is 0 Å². The van der Waals surface area contributed by atoms with Crippen LogP contribution < -0.4 is 9.62 Å². The Hall–Kier alpha value is -1.61. The van der Waals surface area contributed by atoms with E-state index in [1.807, 2.05) is 12.1 Å². The molecule has 0 saturated carbocycles. The van der Waals surface area contributed by atoms with Crippen LogP contribution in [0.25, 0.3) is 0 Å². The molecule has 0 radical (unpaired) electrons. The number of hydrogen-bond donors (Lipinski definition) is 1. The maximum absolute atomic E-state index is 12.7. The molecule has 0 aliphatic carbocycles. The number of hydrogen-bond acceptors (Lipinski definition) is 3. The fourth-order valence-corrected chi connectivity index (χ4v) is 3.97. The zero-order valence-corrected chi connectivity index (χ0v) is 16.4. The molecule has 0 bridgehead atoms. The molecular weight excluding hydrogens is 439 g/mol. The Morgan fingerprint density at radius 1 is 1.12 bits per heavy atom. The summed E-state index contributed by atoms with van der Waals surface area (Å²) in [5.41, 5.74) is 1.12. The number of amides is 1. The molecule has 2 aromatic rings. The molecule has 0 aliphatic rings. The lowest BCUT2D eigenvalue weighted by atomic mass is 10.2. The number of carbonyl (C=O) groups excluding carboxylic acids is 1. The summed E-state index contributed by atoms with van der Waals surface area (Å²) in [6.45, 7) is 1.79. The highest BCUT2D eigenvalue weighted by Crippen LogP contribution is 2.23. The van der Waals surface area contributed by atoms with Crippen LogP contribution in [0.5, 0.6) is 0 Å². The lowest BCUT2D eigenvalue weighted by Gasteiger charge is -2.30. The number of sulfonamides is 1. The molecule has 128 valence electrons. The number of carbonyl (C=O) groups is 1. The number of anilines is 2. The first-order valence-electron chi connectivity index (χ1n) is 7.44. The third-order valence-electron chi connectivity index (χ3n) is 3.45. The Labute approximate surface area is 156 Å². The van der Waals surface area contributed by atoms with Crippen molar-refractivity contribution < 1.29 is 13.2 Å².